The van der Waals surface area contributed by atoms with E-state index >= 15 is 0 Å². The molecule has 142 valence electrons. The molecule has 4 nitrogen and oxygen atoms in total. The average molecular weight is 433 g/mol. The molecule has 0 atom stereocenters. The van der Waals surface area contributed by atoms with Crippen LogP contribution in [0.5, 0.6) is 0 Å². The van der Waals surface area contributed by atoms with E-state index in [0.717, 1.165) is 42.1 Å². The van der Waals surface area contributed by atoms with Crippen molar-refractivity contribution in [1.29, 1.82) is 0 Å². The molecule has 3 rings (SSSR count). The van der Waals surface area contributed by atoms with Gasteiger partial charge in [0.05, 0.1) is 12.1 Å². The minimum Gasteiger partial charge on any atom is -0.326 e. The number of amides is 2. The first-order chi connectivity index (χ1) is 13.0. The van der Waals surface area contributed by atoms with Gasteiger partial charge in [-0.2, -0.15) is 0 Å². The molecule has 1 aliphatic carbocycles. The number of benzene rings is 2. The molecule has 0 aliphatic heterocycles. The molecule has 2 aromatic rings. The van der Waals surface area contributed by atoms with Gasteiger partial charge in [0, 0.05) is 16.1 Å². The smallest absolute Gasteiger partial charge is 0.228 e. The lowest BCUT2D eigenvalue weighted by Gasteiger charge is -2.21. The van der Waals surface area contributed by atoms with Crippen LogP contribution in [0.25, 0.3) is 0 Å². The van der Waals surface area contributed by atoms with E-state index in [1.165, 1.54) is 18.2 Å². The van der Waals surface area contributed by atoms with Crippen molar-refractivity contribution in [3.05, 3.63) is 58.3 Å². The van der Waals surface area contributed by atoms with Crippen LogP contribution in [0, 0.1) is 11.7 Å². The first-order valence-electron chi connectivity index (χ1n) is 9.16. The molecule has 1 aliphatic rings. The lowest BCUT2D eigenvalue weighted by Crippen LogP contribution is -2.25. The second-order valence-corrected chi connectivity index (χ2v) is 7.79. The Morgan fingerprint density at radius 1 is 1.00 bits per heavy atom. The molecule has 0 spiro atoms. The fraction of sp³-hybridized carbons (Fsp3) is 0.333. The van der Waals surface area contributed by atoms with Crippen LogP contribution < -0.4 is 10.6 Å². The zero-order valence-electron chi connectivity index (χ0n) is 14.9. The van der Waals surface area contributed by atoms with Gasteiger partial charge in [0.2, 0.25) is 11.8 Å². The molecule has 0 heterocycles. The summed E-state index contributed by atoms with van der Waals surface area (Å²) < 4.78 is 15.0. The summed E-state index contributed by atoms with van der Waals surface area (Å²) in [4.78, 5) is 24.6. The fourth-order valence-electron chi connectivity index (χ4n) is 3.29. The van der Waals surface area contributed by atoms with Gasteiger partial charge < -0.3 is 10.6 Å². The maximum absolute atomic E-state index is 14.1. The normalized spacial score (nSPS) is 14.6. The number of carbonyl (C=O) groups is 2. The molecule has 6 heteroatoms. The molecule has 2 aromatic carbocycles. The maximum atomic E-state index is 14.1. The van der Waals surface area contributed by atoms with E-state index in [1.54, 1.807) is 0 Å². The third-order valence-electron chi connectivity index (χ3n) is 4.76. The third-order valence-corrected chi connectivity index (χ3v) is 5.29. The van der Waals surface area contributed by atoms with Crippen LogP contribution in [0.4, 0.5) is 15.8 Å². The molecule has 0 radical (unpaired) electrons. The van der Waals surface area contributed by atoms with Crippen molar-refractivity contribution >= 4 is 39.1 Å². The van der Waals surface area contributed by atoms with Crippen molar-refractivity contribution < 1.29 is 14.0 Å². The van der Waals surface area contributed by atoms with Gasteiger partial charge in [-0.1, -0.05) is 47.3 Å². The Kier molecular flexibility index (Phi) is 6.61. The van der Waals surface area contributed by atoms with E-state index in [1.807, 2.05) is 24.3 Å². The standard InChI is InChI=1S/C21H22BrFN2O2/c22-16-8-6-14(7-9-16)12-20(26)24-17-10-11-18(23)19(13-17)25-21(27)15-4-2-1-3-5-15/h6-11,13,15H,1-5,12H2,(H,24,26)(H,25,27). The van der Waals surface area contributed by atoms with Crippen LogP contribution in [-0.4, -0.2) is 11.8 Å². The van der Waals surface area contributed by atoms with Crippen molar-refractivity contribution in [3.8, 4) is 0 Å². The summed E-state index contributed by atoms with van der Waals surface area (Å²) in [6.07, 6.45) is 5.13. The number of hydrogen-bond acceptors (Lipinski definition) is 2. The van der Waals surface area contributed by atoms with Crippen LogP contribution in [0.3, 0.4) is 0 Å². The summed E-state index contributed by atoms with van der Waals surface area (Å²) in [6.45, 7) is 0. The zero-order chi connectivity index (χ0) is 19.2. The highest BCUT2D eigenvalue weighted by Crippen LogP contribution is 2.26. The fourth-order valence-corrected chi connectivity index (χ4v) is 3.56. The van der Waals surface area contributed by atoms with Crippen molar-refractivity contribution in [2.45, 2.75) is 38.5 Å². The Morgan fingerprint density at radius 3 is 2.41 bits per heavy atom. The number of hydrogen-bond donors (Lipinski definition) is 2. The highest BCUT2D eigenvalue weighted by Gasteiger charge is 2.22. The first-order valence-corrected chi connectivity index (χ1v) is 9.95. The molecule has 0 aromatic heterocycles. The molecular weight excluding hydrogens is 411 g/mol. The van der Waals surface area contributed by atoms with E-state index in [4.69, 9.17) is 0 Å². The highest BCUT2D eigenvalue weighted by molar-refractivity contribution is 9.10. The van der Waals surface area contributed by atoms with E-state index < -0.39 is 5.82 Å². The van der Waals surface area contributed by atoms with E-state index in [2.05, 4.69) is 26.6 Å². The van der Waals surface area contributed by atoms with Crippen molar-refractivity contribution in [2.24, 2.45) is 5.92 Å². The SMILES string of the molecule is O=C(Cc1ccc(Br)cc1)Nc1ccc(F)c(NC(=O)C2CCCCC2)c1. The maximum Gasteiger partial charge on any atom is 0.228 e. The highest BCUT2D eigenvalue weighted by atomic mass is 79.9. The topological polar surface area (TPSA) is 58.2 Å². The van der Waals surface area contributed by atoms with Crippen LogP contribution in [0.1, 0.15) is 37.7 Å². The summed E-state index contributed by atoms with van der Waals surface area (Å²) in [5.74, 6) is -0.917. The minimum atomic E-state index is -0.509. The largest absolute Gasteiger partial charge is 0.326 e. The number of halogens is 2. The van der Waals surface area contributed by atoms with Crippen molar-refractivity contribution in [1.82, 2.24) is 0 Å². The summed E-state index contributed by atoms with van der Waals surface area (Å²) in [6, 6.07) is 11.7. The van der Waals surface area contributed by atoms with Crippen molar-refractivity contribution in [3.63, 3.8) is 0 Å². The van der Waals surface area contributed by atoms with Gasteiger partial charge in [-0.3, -0.25) is 9.59 Å². The predicted molar refractivity (Wildman–Crippen MR) is 108 cm³/mol. The molecule has 0 unspecified atom stereocenters. The summed E-state index contributed by atoms with van der Waals surface area (Å²) in [5.41, 5.74) is 1.44. The van der Waals surface area contributed by atoms with Gasteiger partial charge in [0.25, 0.3) is 0 Å². The van der Waals surface area contributed by atoms with Crippen LogP contribution in [0.2, 0.25) is 0 Å². The van der Waals surface area contributed by atoms with Gasteiger partial charge >= 0.3 is 0 Å². The molecule has 1 saturated carbocycles. The molecule has 2 N–H and O–H groups in total. The Bertz CT molecular complexity index is 817. The third kappa shape index (κ3) is 5.63. The Labute approximate surface area is 166 Å². The summed E-state index contributed by atoms with van der Waals surface area (Å²) in [5, 5.41) is 5.44. The van der Waals surface area contributed by atoms with Crippen LogP contribution >= 0.6 is 15.9 Å². The number of carbonyl (C=O) groups excluding carboxylic acids is 2. The van der Waals surface area contributed by atoms with E-state index in [9.17, 15) is 14.0 Å². The Balaban J connectivity index is 1.62. The molecular formula is C21H22BrFN2O2. The van der Waals surface area contributed by atoms with E-state index in [-0.39, 0.29) is 29.8 Å². The second-order valence-electron chi connectivity index (χ2n) is 6.87. The summed E-state index contributed by atoms with van der Waals surface area (Å²) >= 11 is 3.36. The molecule has 0 bridgehead atoms. The van der Waals surface area contributed by atoms with Gasteiger partial charge in [0.15, 0.2) is 0 Å². The van der Waals surface area contributed by atoms with Crippen LogP contribution in [-0.2, 0) is 16.0 Å². The van der Waals surface area contributed by atoms with Gasteiger partial charge in [-0.15, -0.1) is 0 Å². The first kappa shape index (κ1) is 19.5. The van der Waals surface area contributed by atoms with E-state index in [0.29, 0.717) is 5.69 Å². The van der Waals surface area contributed by atoms with Gasteiger partial charge in [-0.05, 0) is 48.7 Å². The van der Waals surface area contributed by atoms with Crippen LogP contribution in [0.15, 0.2) is 46.9 Å². The quantitative estimate of drug-likeness (QED) is 0.674. The van der Waals surface area contributed by atoms with Gasteiger partial charge in [0.1, 0.15) is 5.82 Å². The zero-order valence-corrected chi connectivity index (χ0v) is 16.5. The number of nitrogens with one attached hydrogen (secondary N) is 2. The number of anilines is 2. The van der Waals surface area contributed by atoms with Crippen molar-refractivity contribution in [2.75, 3.05) is 10.6 Å². The van der Waals surface area contributed by atoms with Gasteiger partial charge in [-0.25, -0.2) is 4.39 Å². The molecule has 2 amide bonds. The number of rotatable bonds is 5. The lowest BCUT2D eigenvalue weighted by atomic mass is 9.88. The molecule has 0 saturated heterocycles. The average Bonchev–Trinajstić information content (AvgIpc) is 2.67. The Morgan fingerprint density at radius 2 is 1.70 bits per heavy atom. The monoisotopic (exact) mass is 432 g/mol. The summed E-state index contributed by atoms with van der Waals surface area (Å²) in [7, 11) is 0. The predicted octanol–water partition coefficient (Wildman–Crippen LogP) is 5.29. The lowest BCUT2D eigenvalue weighted by molar-refractivity contribution is -0.120. The second kappa shape index (κ2) is 9.13. The molecule has 1 fully saturated rings. The Hall–Kier alpha value is -2.21. The molecule has 27 heavy (non-hydrogen) atoms. The minimum absolute atomic E-state index is 0.0613.